The summed E-state index contributed by atoms with van der Waals surface area (Å²) in [7, 11) is 0. The van der Waals surface area contributed by atoms with E-state index in [0.717, 1.165) is 33.6 Å². The second-order valence-corrected chi connectivity index (χ2v) is 5.85. The van der Waals surface area contributed by atoms with Gasteiger partial charge in [0.15, 0.2) is 17.3 Å². The van der Waals surface area contributed by atoms with E-state index in [9.17, 15) is 0 Å². The zero-order chi connectivity index (χ0) is 17.0. The van der Waals surface area contributed by atoms with Crippen LogP contribution >= 0.6 is 0 Å². The zero-order valence-electron chi connectivity index (χ0n) is 13.6. The van der Waals surface area contributed by atoms with Gasteiger partial charge < -0.3 is 9.51 Å². The van der Waals surface area contributed by atoms with Gasteiger partial charge in [-0.3, -0.25) is 4.98 Å². The summed E-state index contributed by atoms with van der Waals surface area (Å²) in [6.07, 6.45) is 3.38. The molecule has 0 spiro atoms. The summed E-state index contributed by atoms with van der Waals surface area (Å²) < 4.78 is 6.96. The monoisotopic (exact) mass is 331 g/mol. The molecule has 122 valence electrons. The van der Waals surface area contributed by atoms with Crippen LogP contribution in [0.15, 0.2) is 41.2 Å². The van der Waals surface area contributed by atoms with E-state index in [-0.39, 0.29) is 0 Å². The first-order valence-electron chi connectivity index (χ1n) is 7.79. The molecule has 25 heavy (non-hydrogen) atoms. The largest absolute Gasteiger partial charge is 0.353 e. The van der Waals surface area contributed by atoms with Crippen molar-refractivity contribution in [1.82, 2.24) is 34.7 Å². The average molecular weight is 331 g/mol. The molecule has 0 fully saturated rings. The molecule has 5 rings (SSSR count). The fourth-order valence-corrected chi connectivity index (χ4v) is 2.82. The molecule has 0 aliphatic carbocycles. The van der Waals surface area contributed by atoms with Gasteiger partial charge in [-0.15, -0.1) is 5.10 Å². The molecule has 0 saturated heterocycles. The number of aromatic nitrogens is 7. The number of aryl methyl sites for hydroxylation is 2. The standard InChI is InChI=1S/C17H13N7O/c1-9-8-18-10(2)17-22-15(23-24(9)17)11-3-4-12-13(7-11)21-16(20-12)14-5-6-19-25-14/h3-8H,1-2H3,(H,20,21). The predicted molar refractivity (Wildman–Crippen MR) is 90.8 cm³/mol. The molecule has 4 aromatic heterocycles. The Labute approximate surface area is 141 Å². The lowest BCUT2D eigenvalue weighted by Crippen LogP contribution is -1.97. The highest BCUT2D eigenvalue weighted by molar-refractivity contribution is 5.83. The van der Waals surface area contributed by atoms with Crippen molar-refractivity contribution in [3.63, 3.8) is 0 Å². The highest BCUT2D eigenvalue weighted by atomic mass is 16.5. The summed E-state index contributed by atoms with van der Waals surface area (Å²) in [5.74, 6) is 1.88. The van der Waals surface area contributed by atoms with Crippen LogP contribution in [-0.4, -0.2) is 34.7 Å². The molecule has 1 aromatic carbocycles. The van der Waals surface area contributed by atoms with E-state index in [0.29, 0.717) is 17.4 Å². The molecule has 0 unspecified atom stereocenters. The van der Waals surface area contributed by atoms with Gasteiger partial charge in [-0.1, -0.05) is 5.16 Å². The summed E-state index contributed by atoms with van der Waals surface area (Å²) in [4.78, 5) is 16.8. The number of hydrogen-bond donors (Lipinski definition) is 1. The Morgan fingerprint density at radius 3 is 2.84 bits per heavy atom. The summed E-state index contributed by atoms with van der Waals surface area (Å²) in [5.41, 5.74) is 5.16. The summed E-state index contributed by atoms with van der Waals surface area (Å²) in [6.45, 7) is 3.88. The maximum atomic E-state index is 5.15. The second-order valence-electron chi connectivity index (χ2n) is 5.85. The molecule has 0 bridgehead atoms. The highest BCUT2D eigenvalue weighted by Gasteiger charge is 2.13. The predicted octanol–water partition coefficient (Wildman–Crippen LogP) is 2.94. The molecular weight excluding hydrogens is 318 g/mol. The van der Waals surface area contributed by atoms with Crippen molar-refractivity contribution in [2.75, 3.05) is 0 Å². The van der Waals surface area contributed by atoms with Crippen LogP contribution in [0, 0.1) is 13.8 Å². The van der Waals surface area contributed by atoms with E-state index in [2.05, 4.69) is 30.2 Å². The summed E-state index contributed by atoms with van der Waals surface area (Å²) in [5, 5.41) is 8.32. The van der Waals surface area contributed by atoms with Crippen molar-refractivity contribution in [2.45, 2.75) is 13.8 Å². The molecule has 8 nitrogen and oxygen atoms in total. The van der Waals surface area contributed by atoms with Gasteiger partial charge >= 0.3 is 0 Å². The zero-order valence-corrected chi connectivity index (χ0v) is 13.6. The lowest BCUT2D eigenvalue weighted by atomic mass is 10.2. The maximum absolute atomic E-state index is 5.15. The number of H-pyrrole nitrogens is 1. The first kappa shape index (κ1) is 13.8. The fourth-order valence-electron chi connectivity index (χ4n) is 2.82. The van der Waals surface area contributed by atoms with Crippen LogP contribution in [0.4, 0.5) is 0 Å². The van der Waals surface area contributed by atoms with Gasteiger partial charge in [0, 0.05) is 17.8 Å². The smallest absolute Gasteiger partial charge is 0.202 e. The average Bonchev–Trinajstić information content (AvgIpc) is 3.36. The lowest BCUT2D eigenvalue weighted by molar-refractivity contribution is 0.430. The molecule has 0 amide bonds. The van der Waals surface area contributed by atoms with E-state index in [1.807, 2.05) is 36.6 Å². The van der Waals surface area contributed by atoms with Crippen LogP contribution in [0.25, 0.3) is 39.7 Å². The molecule has 5 aromatic rings. The van der Waals surface area contributed by atoms with Gasteiger partial charge in [0.2, 0.25) is 5.76 Å². The van der Waals surface area contributed by atoms with Gasteiger partial charge in [-0.2, -0.15) is 0 Å². The molecule has 0 atom stereocenters. The van der Waals surface area contributed by atoms with Crippen LogP contribution in [-0.2, 0) is 0 Å². The van der Waals surface area contributed by atoms with Gasteiger partial charge in [-0.25, -0.2) is 14.5 Å². The van der Waals surface area contributed by atoms with Crippen LogP contribution < -0.4 is 0 Å². The number of rotatable bonds is 2. The molecule has 1 N–H and O–H groups in total. The van der Waals surface area contributed by atoms with Gasteiger partial charge in [0.1, 0.15) is 0 Å². The first-order chi connectivity index (χ1) is 12.2. The Balaban J connectivity index is 1.66. The minimum Gasteiger partial charge on any atom is -0.353 e. The topological polar surface area (TPSA) is 97.8 Å². The Morgan fingerprint density at radius 2 is 2.04 bits per heavy atom. The highest BCUT2D eigenvalue weighted by Crippen LogP contribution is 2.25. The number of fused-ring (bicyclic) bond motifs is 2. The molecule has 8 heteroatoms. The third-order valence-electron chi connectivity index (χ3n) is 4.12. The normalized spacial score (nSPS) is 11.6. The lowest BCUT2D eigenvalue weighted by Gasteiger charge is -1.97. The van der Waals surface area contributed by atoms with Gasteiger partial charge in [-0.05, 0) is 32.0 Å². The van der Waals surface area contributed by atoms with E-state index < -0.39 is 0 Å². The van der Waals surface area contributed by atoms with Crippen molar-refractivity contribution >= 4 is 16.7 Å². The van der Waals surface area contributed by atoms with Crippen LogP contribution in [0.5, 0.6) is 0 Å². The van der Waals surface area contributed by atoms with Gasteiger partial charge in [0.25, 0.3) is 0 Å². The Kier molecular flexibility index (Phi) is 2.75. The van der Waals surface area contributed by atoms with E-state index in [1.165, 1.54) is 0 Å². The minimum absolute atomic E-state index is 0.598. The number of nitrogens with zero attached hydrogens (tertiary/aromatic N) is 6. The molecule has 0 saturated carbocycles. The Hall–Kier alpha value is -3.55. The third-order valence-corrected chi connectivity index (χ3v) is 4.12. The number of imidazole rings is 1. The first-order valence-corrected chi connectivity index (χ1v) is 7.79. The molecule has 0 aliphatic rings. The van der Waals surface area contributed by atoms with Crippen molar-refractivity contribution < 1.29 is 4.52 Å². The molecular formula is C17H13N7O. The van der Waals surface area contributed by atoms with E-state index in [1.54, 1.807) is 18.5 Å². The number of hydrogen-bond acceptors (Lipinski definition) is 6. The Morgan fingerprint density at radius 1 is 1.12 bits per heavy atom. The van der Waals surface area contributed by atoms with E-state index >= 15 is 0 Å². The van der Waals surface area contributed by atoms with Crippen LogP contribution in [0.2, 0.25) is 0 Å². The second kappa shape index (κ2) is 4.97. The molecule has 4 heterocycles. The fraction of sp³-hybridized carbons (Fsp3) is 0.118. The third kappa shape index (κ3) is 2.11. The number of aromatic amines is 1. The molecule has 0 radical (unpaired) electrons. The SMILES string of the molecule is Cc1ncc(C)n2nc(-c3ccc4[nH]c(-c5ccno5)nc4c3)nc12. The van der Waals surface area contributed by atoms with Gasteiger partial charge in [0.05, 0.1) is 28.6 Å². The van der Waals surface area contributed by atoms with E-state index in [4.69, 9.17) is 4.52 Å². The maximum Gasteiger partial charge on any atom is 0.202 e. The van der Waals surface area contributed by atoms with Crippen molar-refractivity contribution in [3.8, 4) is 23.0 Å². The van der Waals surface area contributed by atoms with Crippen LogP contribution in [0.3, 0.4) is 0 Å². The number of nitrogens with one attached hydrogen (secondary N) is 1. The number of benzene rings is 1. The minimum atomic E-state index is 0.598. The van der Waals surface area contributed by atoms with Crippen molar-refractivity contribution in [2.24, 2.45) is 0 Å². The summed E-state index contributed by atoms with van der Waals surface area (Å²) in [6, 6.07) is 7.65. The Bertz CT molecular complexity index is 1180. The summed E-state index contributed by atoms with van der Waals surface area (Å²) >= 11 is 0. The molecule has 0 aliphatic heterocycles. The van der Waals surface area contributed by atoms with Crippen molar-refractivity contribution in [3.05, 3.63) is 48.0 Å². The van der Waals surface area contributed by atoms with Crippen molar-refractivity contribution in [1.29, 1.82) is 0 Å². The van der Waals surface area contributed by atoms with Crippen LogP contribution in [0.1, 0.15) is 11.4 Å². The quantitative estimate of drug-likeness (QED) is 0.534.